The van der Waals surface area contributed by atoms with E-state index >= 15 is 0 Å². The standard InChI is InChI=1S/C24H28ClN3O4/c1-31-20-8-7-17(25)15-18(20)22(29)28-14-11-24(16-28)9-12-27(13-10-24)23(30)26-19-5-3-4-6-21(19)32-2/h3-8,15H,9-14,16H2,1-2H3,(H,26,30). The Morgan fingerprint density at radius 1 is 0.938 bits per heavy atom. The number of hydrogen-bond acceptors (Lipinski definition) is 4. The number of methoxy groups -OCH3 is 2. The van der Waals surface area contributed by atoms with Crippen LogP contribution in [-0.4, -0.2) is 62.1 Å². The van der Waals surface area contributed by atoms with Gasteiger partial charge in [-0.3, -0.25) is 4.79 Å². The number of hydrogen-bond donors (Lipinski definition) is 1. The summed E-state index contributed by atoms with van der Waals surface area (Å²) in [6.07, 6.45) is 2.66. The predicted octanol–water partition coefficient (Wildman–Crippen LogP) is 4.52. The average molecular weight is 458 g/mol. The third-order valence-corrected chi connectivity index (χ3v) is 6.81. The van der Waals surface area contributed by atoms with Crippen LogP contribution < -0.4 is 14.8 Å². The Balaban J connectivity index is 1.36. The van der Waals surface area contributed by atoms with Gasteiger partial charge in [-0.1, -0.05) is 23.7 Å². The third-order valence-electron chi connectivity index (χ3n) is 6.58. The van der Waals surface area contributed by atoms with Crippen molar-refractivity contribution in [2.24, 2.45) is 5.41 Å². The number of halogens is 1. The van der Waals surface area contributed by atoms with Crippen LogP contribution in [0.1, 0.15) is 29.6 Å². The summed E-state index contributed by atoms with van der Waals surface area (Å²) in [5, 5.41) is 3.46. The van der Waals surface area contributed by atoms with Crippen molar-refractivity contribution in [2.75, 3.05) is 45.7 Å². The van der Waals surface area contributed by atoms with Crippen molar-refractivity contribution < 1.29 is 19.1 Å². The van der Waals surface area contributed by atoms with Crippen molar-refractivity contribution in [2.45, 2.75) is 19.3 Å². The van der Waals surface area contributed by atoms with Gasteiger partial charge in [-0.05, 0) is 55.0 Å². The summed E-state index contributed by atoms with van der Waals surface area (Å²) in [5.41, 5.74) is 1.20. The number of anilines is 1. The van der Waals surface area contributed by atoms with Crippen molar-refractivity contribution in [3.8, 4) is 11.5 Å². The zero-order valence-electron chi connectivity index (χ0n) is 18.4. The molecule has 1 N–H and O–H groups in total. The van der Waals surface area contributed by atoms with Crippen LogP contribution in [0.15, 0.2) is 42.5 Å². The Labute approximate surface area is 193 Å². The smallest absolute Gasteiger partial charge is 0.321 e. The molecule has 0 radical (unpaired) electrons. The average Bonchev–Trinajstić information content (AvgIpc) is 3.22. The highest BCUT2D eigenvalue weighted by Crippen LogP contribution is 2.41. The Hall–Kier alpha value is -2.93. The zero-order valence-corrected chi connectivity index (χ0v) is 19.2. The molecule has 3 amide bonds. The van der Waals surface area contributed by atoms with Gasteiger partial charge in [-0.25, -0.2) is 4.79 Å². The number of likely N-dealkylation sites (tertiary alicyclic amines) is 2. The minimum absolute atomic E-state index is 0.0443. The molecule has 0 atom stereocenters. The van der Waals surface area contributed by atoms with Gasteiger partial charge in [-0.2, -0.15) is 0 Å². The number of urea groups is 1. The van der Waals surface area contributed by atoms with E-state index in [1.165, 1.54) is 0 Å². The molecule has 2 aromatic rings. The van der Waals surface area contributed by atoms with Gasteiger partial charge in [-0.15, -0.1) is 0 Å². The Morgan fingerprint density at radius 3 is 2.28 bits per heavy atom. The number of rotatable bonds is 4. The second kappa shape index (κ2) is 9.28. The molecular formula is C24H28ClN3O4. The number of nitrogens with zero attached hydrogens (tertiary/aromatic N) is 2. The SMILES string of the molecule is COc1ccccc1NC(=O)N1CCC2(CC1)CCN(C(=O)c1cc(Cl)ccc1OC)C2. The van der Waals surface area contributed by atoms with Gasteiger partial charge in [0.15, 0.2) is 0 Å². The van der Waals surface area contributed by atoms with Crippen LogP contribution in [0.3, 0.4) is 0 Å². The molecule has 2 heterocycles. The minimum Gasteiger partial charge on any atom is -0.496 e. The van der Waals surface area contributed by atoms with Crippen LogP contribution in [0.4, 0.5) is 10.5 Å². The number of para-hydroxylation sites is 2. The molecule has 8 heteroatoms. The van der Waals surface area contributed by atoms with E-state index in [4.69, 9.17) is 21.1 Å². The van der Waals surface area contributed by atoms with Gasteiger partial charge < -0.3 is 24.6 Å². The predicted molar refractivity (Wildman–Crippen MR) is 124 cm³/mol. The monoisotopic (exact) mass is 457 g/mol. The van der Waals surface area contributed by atoms with Crippen LogP contribution in [0.2, 0.25) is 5.02 Å². The van der Waals surface area contributed by atoms with E-state index in [0.29, 0.717) is 54.0 Å². The van der Waals surface area contributed by atoms with Gasteiger partial charge in [0, 0.05) is 31.2 Å². The lowest BCUT2D eigenvalue weighted by Gasteiger charge is -2.39. The molecular weight excluding hydrogens is 430 g/mol. The molecule has 0 unspecified atom stereocenters. The topological polar surface area (TPSA) is 71.1 Å². The number of carbonyl (C=O) groups is 2. The number of amides is 3. The van der Waals surface area contributed by atoms with E-state index in [-0.39, 0.29) is 17.4 Å². The van der Waals surface area contributed by atoms with Crippen molar-refractivity contribution in [3.05, 3.63) is 53.1 Å². The fraction of sp³-hybridized carbons (Fsp3) is 0.417. The van der Waals surface area contributed by atoms with Gasteiger partial charge in [0.2, 0.25) is 0 Å². The first kappa shape index (κ1) is 22.3. The molecule has 32 heavy (non-hydrogen) atoms. The Morgan fingerprint density at radius 2 is 1.59 bits per heavy atom. The van der Waals surface area contributed by atoms with E-state index in [2.05, 4.69) is 5.32 Å². The molecule has 0 bridgehead atoms. The maximum absolute atomic E-state index is 13.1. The van der Waals surface area contributed by atoms with Crippen molar-refractivity contribution in [1.29, 1.82) is 0 Å². The summed E-state index contributed by atoms with van der Waals surface area (Å²) in [4.78, 5) is 29.6. The van der Waals surface area contributed by atoms with Crippen LogP contribution in [0.25, 0.3) is 0 Å². The molecule has 7 nitrogen and oxygen atoms in total. The molecule has 4 rings (SSSR count). The number of ether oxygens (including phenoxy) is 2. The Bertz CT molecular complexity index is 1000. The van der Waals surface area contributed by atoms with E-state index in [1.54, 1.807) is 32.4 Å². The molecule has 2 aromatic carbocycles. The van der Waals surface area contributed by atoms with Crippen molar-refractivity contribution >= 4 is 29.2 Å². The number of carbonyl (C=O) groups excluding carboxylic acids is 2. The summed E-state index contributed by atoms with van der Waals surface area (Å²) in [5.74, 6) is 1.11. The lowest BCUT2D eigenvalue weighted by Crippen LogP contribution is -2.46. The fourth-order valence-electron chi connectivity index (χ4n) is 4.66. The first-order valence-electron chi connectivity index (χ1n) is 10.8. The highest BCUT2D eigenvalue weighted by Gasteiger charge is 2.43. The molecule has 1 spiro atoms. The summed E-state index contributed by atoms with van der Waals surface area (Å²) in [6, 6.07) is 12.4. The first-order valence-corrected chi connectivity index (χ1v) is 11.1. The highest BCUT2D eigenvalue weighted by molar-refractivity contribution is 6.31. The van der Waals surface area contributed by atoms with E-state index in [9.17, 15) is 9.59 Å². The normalized spacial score (nSPS) is 17.3. The summed E-state index contributed by atoms with van der Waals surface area (Å²) in [6.45, 7) is 2.69. The van der Waals surface area contributed by atoms with Gasteiger partial charge in [0.05, 0.1) is 25.5 Å². The molecule has 2 fully saturated rings. The lowest BCUT2D eigenvalue weighted by atomic mass is 9.78. The quantitative estimate of drug-likeness (QED) is 0.732. The first-order chi connectivity index (χ1) is 15.4. The molecule has 0 aromatic heterocycles. The second-order valence-corrected chi connectivity index (χ2v) is 8.88. The number of benzene rings is 2. The van der Waals surface area contributed by atoms with Crippen LogP contribution in [-0.2, 0) is 0 Å². The van der Waals surface area contributed by atoms with E-state index in [0.717, 1.165) is 19.3 Å². The maximum Gasteiger partial charge on any atom is 0.321 e. The molecule has 2 aliphatic heterocycles. The maximum atomic E-state index is 13.1. The molecule has 170 valence electrons. The third kappa shape index (κ3) is 4.48. The van der Waals surface area contributed by atoms with Gasteiger partial charge >= 0.3 is 6.03 Å². The zero-order chi connectivity index (χ0) is 22.7. The van der Waals surface area contributed by atoms with E-state index < -0.39 is 0 Å². The van der Waals surface area contributed by atoms with Crippen LogP contribution in [0.5, 0.6) is 11.5 Å². The van der Waals surface area contributed by atoms with Crippen LogP contribution >= 0.6 is 11.6 Å². The van der Waals surface area contributed by atoms with Gasteiger partial charge in [0.25, 0.3) is 5.91 Å². The van der Waals surface area contributed by atoms with E-state index in [1.807, 2.05) is 34.1 Å². The number of nitrogens with one attached hydrogen (secondary N) is 1. The largest absolute Gasteiger partial charge is 0.496 e. The molecule has 2 aliphatic rings. The minimum atomic E-state index is -0.126. The lowest BCUT2D eigenvalue weighted by molar-refractivity contribution is 0.0736. The summed E-state index contributed by atoms with van der Waals surface area (Å²) >= 11 is 6.11. The highest BCUT2D eigenvalue weighted by atomic mass is 35.5. The molecule has 2 saturated heterocycles. The summed E-state index contributed by atoms with van der Waals surface area (Å²) in [7, 11) is 3.14. The molecule has 0 saturated carbocycles. The Kier molecular flexibility index (Phi) is 6.46. The van der Waals surface area contributed by atoms with Gasteiger partial charge in [0.1, 0.15) is 11.5 Å². The van der Waals surface area contributed by atoms with Crippen molar-refractivity contribution in [1.82, 2.24) is 9.80 Å². The van der Waals surface area contributed by atoms with Crippen LogP contribution in [0, 0.1) is 5.41 Å². The number of piperidine rings is 1. The fourth-order valence-corrected chi connectivity index (χ4v) is 4.83. The van der Waals surface area contributed by atoms with Crippen molar-refractivity contribution in [3.63, 3.8) is 0 Å². The second-order valence-electron chi connectivity index (χ2n) is 8.44. The summed E-state index contributed by atoms with van der Waals surface area (Å²) < 4.78 is 10.7. The molecule has 0 aliphatic carbocycles.